The highest BCUT2D eigenvalue weighted by molar-refractivity contribution is 7.47. The molecule has 6 rings (SSSR count). The number of phosphoric ester groups is 2. The van der Waals surface area contributed by atoms with Gasteiger partial charge in [0.1, 0.15) is 159 Å². The van der Waals surface area contributed by atoms with Gasteiger partial charge in [0.05, 0.1) is 52.3 Å². The zero-order valence-electron chi connectivity index (χ0n) is 68.8. The van der Waals surface area contributed by atoms with E-state index in [4.69, 9.17) is 81.9 Å². The van der Waals surface area contributed by atoms with Gasteiger partial charge < -0.3 is 170 Å². The van der Waals surface area contributed by atoms with Gasteiger partial charge in [0.2, 0.25) is 5.91 Å². The van der Waals surface area contributed by atoms with E-state index >= 15 is 0 Å². The smallest absolute Gasteiger partial charge is 0.462 e. The van der Waals surface area contributed by atoms with Crippen LogP contribution in [0.25, 0.3) is 0 Å². The molecule has 6 fully saturated rings. The van der Waals surface area contributed by atoms with Crippen molar-refractivity contribution in [2.45, 2.75) is 397 Å². The summed E-state index contributed by atoms with van der Waals surface area (Å²) >= 11 is 0. The monoisotopic (exact) mass is 1780 g/mol. The quantitative estimate of drug-likeness (QED) is 0.0164. The van der Waals surface area contributed by atoms with Crippen LogP contribution in [0.3, 0.4) is 0 Å². The first-order chi connectivity index (χ1) is 57.2. The standard InChI is InChI=1S/C75H139N3O40P2/c1-4-6-8-10-12-14-16-18-20-22-24-26-28-30-48(83)103-37-42(108-49(84)31-29-27-25-23-21-19-17-15-13-11-9-7-5-2)38-106-120(101,102)118-69-62(95)59(92)58(91)61(94)68(69)116-71-50(77)55(88)66(45(36-81)111-71)115-74-65(98)63(96)67(114-72-51(78-41(3)82)56(89)52(85)43(34-79)109-72)47(113-74)39-104-75-70(60(93)53(86)44(35-80)110-75)117-73-64(97)57(90)54(87)46(112-73)40-107-119(99,100)105-33-32-76/h42-47,50-75,79-81,85-98H,4-40,76-77H2,1-3H3,(H,78,82)(H,99,100)(H,101,102)/t42-,43-,44-,45-,46-,47-,50-,51-,52+,53-,54-,55-,56-,57+,58-,59-,60+,61+,62-,63-,64+,65+,66-,67-,68-,69-,70+,71-,72+,73-,74-,75+/m1/s1. The maximum Gasteiger partial charge on any atom is 0.472 e. The molecular formula is C75H139N3O40P2. The number of nitrogens with one attached hydrogen (secondary N) is 1. The van der Waals surface area contributed by atoms with Gasteiger partial charge in [0.15, 0.2) is 37.6 Å². The minimum atomic E-state index is -5.66. The molecule has 0 radical (unpaired) electrons. The zero-order chi connectivity index (χ0) is 88.4. The summed E-state index contributed by atoms with van der Waals surface area (Å²) in [6.45, 7) is -2.35. The number of aliphatic hydroxyl groups is 17. The van der Waals surface area contributed by atoms with Gasteiger partial charge >= 0.3 is 27.6 Å². The summed E-state index contributed by atoms with van der Waals surface area (Å²) in [6.07, 6.45) is -36.4. The van der Waals surface area contributed by atoms with E-state index in [-0.39, 0.29) is 19.4 Å². The number of rotatable bonds is 57. The van der Waals surface area contributed by atoms with Gasteiger partial charge in [-0.3, -0.25) is 32.5 Å². The number of unbranched alkanes of at least 4 members (excludes halogenated alkanes) is 24. The Morgan fingerprint density at radius 2 is 0.792 bits per heavy atom. The second kappa shape index (κ2) is 54.7. The topological polar surface area (TPSA) is 681 Å². The van der Waals surface area contributed by atoms with Crippen LogP contribution in [0.1, 0.15) is 201 Å². The molecule has 24 N–H and O–H groups in total. The van der Waals surface area contributed by atoms with E-state index in [0.717, 1.165) is 71.1 Å². The zero-order valence-corrected chi connectivity index (χ0v) is 70.5. The minimum absolute atomic E-state index is 0.0128. The molecule has 0 aromatic carbocycles. The molecule has 2 unspecified atom stereocenters. The molecule has 43 nitrogen and oxygen atoms in total. The molecule has 0 bridgehead atoms. The Bertz CT molecular complexity index is 2960. The van der Waals surface area contributed by atoms with Crippen LogP contribution in [0.5, 0.6) is 0 Å². The third-order valence-electron chi connectivity index (χ3n) is 22.1. The summed E-state index contributed by atoms with van der Waals surface area (Å²) in [5.74, 6) is -2.26. The van der Waals surface area contributed by atoms with Crippen LogP contribution in [0.4, 0.5) is 0 Å². The number of ether oxygens (including phenoxy) is 12. The summed E-state index contributed by atoms with van der Waals surface area (Å²) in [4.78, 5) is 60.4. The lowest BCUT2D eigenvalue weighted by atomic mass is 9.84. The molecule has 704 valence electrons. The number of hydrogen-bond acceptors (Lipinski definition) is 40. The Morgan fingerprint density at radius 1 is 0.392 bits per heavy atom. The molecule has 45 heteroatoms. The molecule has 0 spiro atoms. The van der Waals surface area contributed by atoms with Crippen LogP contribution >= 0.6 is 15.6 Å². The summed E-state index contributed by atoms with van der Waals surface area (Å²) in [5, 5.41) is 192. The van der Waals surface area contributed by atoms with Gasteiger partial charge in [-0.15, -0.1) is 0 Å². The van der Waals surface area contributed by atoms with E-state index in [1.165, 1.54) is 83.5 Å². The number of nitrogens with two attached hydrogens (primary N) is 2. The summed E-state index contributed by atoms with van der Waals surface area (Å²) < 4.78 is 117. The Labute approximate surface area is 698 Å². The fourth-order valence-electron chi connectivity index (χ4n) is 15.0. The number of hydrogen-bond donors (Lipinski definition) is 22. The van der Waals surface area contributed by atoms with E-state index in [1.54, 1.807) is 0 Å². The number of esters is 2. The van der Waals surface area contributed by atoms with Crippen molar-refractivity contribution >= 4 is 33.5 Å². The number of carbonyl (C=O) groups excluding carboxylic acids is 3. The second-order valence-corrected chi connectivity index (χ2v) is 34.5. The average Bonchev–Trinajstić information content (AvgIpc) is 0.769. The molecule has 5 saturated heterocycles. The first-order valence-electron chi connectivity index (χ1n) is 42.4. The highest BCUT2D eigenvalue weighted by Crippen LogP contribution is 2.49. The van der Waals surface area contributed by atoms with Gasteiger partial charge in [-0.1, -0.05) is 168 Å². The number of carbonyl (C=O) groups is 3. The van der Waals surface area contributed by atoms with E-state index < -0.39 is 282 Å². The maximum absolute atomic E-state index is 14.1. The molecule has 5 heterocycles. The van der Waals surface area contributed by atoms with Crippen molar-refractivity contribution in [3.8, 4) is 0 Å². The fraction of sp³-hybridized carbons (Fsp3) is 0.960. The summed E-state index contributed by atoms with van der Waals surface area (Å²) in [7, 11) is -10.6. The lowest BCUT2D eigenvalue weighted by Gasteiger charge is -2.50. The largest absolute Gasteiger partial charge is 0.472 e. The minimum Gasteiger partial charge on any atom is -0.462 e. The number of aliphatic hydroxyl groups excluding tert-OH is 17. The van der Waals surface area contributed by atoms with Crippen LogP contribution in [0.15, 0.2) is 0 Å². The van der Waals surface area contributed by atoms with Crippen molar-refractivity contribution in [2.24, 2.45) is 11.5 Å². The predicted molar refractivity (Wildman–Crippen MR) is 413 cm³/mol. The summed E-state index contributed by atoms with van der Waals surface area (Å²) in [5.41, 5.74) is 11.9. The first kappa shape index (κ1) is 106. The highest BCUT2D eigenvalue weighted by Gasteiger charge is 2.59. The molecule has 0 aromatic heterocycles. The molecule has 5 aliphatic heterocycles. The molecule has 34 atom stereocenters. The summed E-state index contributed by atoms with van der Waals surface area (Å²) in [6, 6.07) is -3.76. The van der Waals surface area contributed by atoms with E-state index in [0.29, 0.717) is 19.3 Å². The Kier molecular flexibility index (Phi) is 48.4. The average molecular weight is 1780 g/mol. The van der Waals surface area contributed by atoms with Crippen LogP contribution < -0.4 is 16.8 Å². The van der Waals surface area contributed by atoms with Crippen molar-refractivity contribution in [3.63, 3.8) is 0 Å². The number of amides is 1. The van der Waals surface area contributed by atoms with Crippen LogP contribution in [-0.2, 0) is 98.5 Å². The lowest BCUT2D eigenvalue weighted by Crippen LogP contribution is -2.70. The van der Waals surface area contributed by atoms with Gasteiger partial charge in [-0.2, -0.15) is 0 Å². The first-order valence-corrected chi connectivity index (χ1v) is 45.4. The van der Waals surface area contributed by atoms with Crippen molar-refractivity contribution in [2.75, 3.05) is 59.4 Å². The highest BCUT2D eigenvalue weighted by atomic mass is 31.2. The third kappa shape index (κ3) is 33.2. The van der Waals surface area contributed by atoms with Crippen molar-refractivity contribution in [3.05, 3.63) is 0 Å². The Balaban J connectivity index is 1.17. The van der Waals surface area contributed by atoms with E-state index in [1.807, 2.05) is 0 Å². The fourth-order valence-corrected chi connectivity index (χ4v) is 16.7. The normalized spacial score (nSPS) is 36.9. The predicted octanol–water partition coefficient (Wildman–Crippen LogP) is -2.94. The third-order valence-corrected chi connectivity index (χ3v) is 24.0. The van der Waals surface area contributed by atoms with E-state index in [9.17, 15) is 120 Å². The van der Waals surface area contributed by atoms with Crippen molar-refractivity contribution in [1.29, 1.82) is 0 Å². The molecule has 120 heavy (non-hydrogen) atoms. The molecule has 1 saturated carbocycles. The van der Waals surface area contributed by atoms with Crippen molar-refractivity contribution in [1.82, 2.24) is 5.32 Å². The molecule has 1 amide bonds. The Hall–Kier alpha value is -2.53. The van der Waals surface area contributed by atoms with Gasteiger partial charge in [0, 0.05) is 26.3 Å². The van der Waals surface area contributed by atoms with Crippen LogP contribution in [-0.4, -0.2) is 370 Å². The number of phosphoric acid groups is 2. The molecule has 1 aliphatic carbocycles. The lowest BCUT2D eigenvalue weighted by molar-refractivity contribution is -0.385. The van der Waals surface area contributed by atoms with Gasteiger partial charge in [0.25, 0.3) is 0 Å². The molecule has 0 aromatic rings. The van der Waals surface area contributed by atoms with Gasteiger partial charge in [-0.05, 0) is 12.8 Å². The Morgan fingerprint density at radius 3 is 1.31 bits per heavy atom. The SMILES string of the molecule is CCCCCCCCCCCCCCCC(=O)OC[C@H](COP(=O)(O)O[C@@H]1[C@H](O)[C@H](O)[C@@H](O)[C@H](O)[C@H]1O[C@H]1O[C@H](CO)[C@@H](O[C@H]2O[C@H](CO[C@H]3O[C@H](CO)[C@@H](O)[C@H](O)[C@@H]3O[C@H]3O[C@H](COP(=O)(O)OCCN)[C@@H](O)[C@H](O)[C@@H]3O)[C@@H](O[C@@H]3O[C@H](CO)[C@H](O)[C@H](O)[C@H]3NC(C)=O)[C@H](O)[C@@H]2O)[C@H](O)[C@H]1N)OC(=O)CCCCCCCCCCCCCCC. The maximum atomic E-state index is 14.1. The van der Waals surface area contributed by atoms with Crippen LogP contribution in [0, 0.1) is 0 Å². The molecule has 6 aliphatic rings. The molecular weight excluding hydrogens is 1640 g/mol. The van der Waals surface area contributed by atoms with Crippen LogP contribution in [0.2, 0.25) is 0 Å². The second-order valence-electron chi connectivity index (χ2n) is 31.7. The van der Waals surface area contributed by atoms with Crippen molar-refractivity contribution < 1.29 is 195 Å². The van der Waals surface area contributed by atoms with E-state index in [2.05, 4.69) is 23.7 Å². The van der Waals surface area contributed by atoms with Gasteiger partial charge in [-0.25, -0.2) is 9.13 Å².